The van der Waals surface area contributed by atoms with Crippen molar-refractivity contribution in [2.45, 2.75) is 37.3 Å². The number of carbonyl (C=O) groups is 1. The minimum atomic E-state index is -0.0356. The van der Waals surface area contributed by atoms with Gasteiger partial charge in [0.05, 0.1) is 11.6 Å². The van der Waals surface area contributed by atoms with E-state index in [9.17, 15) is 4.79 Å². The van der Waals surface area contributed by atoms with Gasteiger partial charge in [0, 0.05) is 13.2 Å². The molecule has 2 rings (SSSR count). The van der Waals surface area contributed by atoms with Crippen LogP contribution in [0.1, 0.15) is 25.7 Å². The zero-order valence-corrected chi connectivity index (χ0v) is 7.88. The van der Waals surface area contributed by atoms with Gasteiger partial charge in [-0.3, -0.25) is 4.79 Å². The average molecular weight is 181 g/mol. The molecular formula is C10H15NO2. The highest BCUT2D eigenvalue weighted by atomic mass is 16.5. The third-order valence-electron chi connectivity index (χ3n) is 3.08. The molecule has 72 valence electrons. The second-order valence-corrected chi connectivity index (χ2v) is 3.91. The van der Waals surface area contributed by atoms with Gasteiger partial charge in [-0.1, -0.05) is 6.08 Å². The first kappa shape index (κ1) is 8.75. The van der Waals surface area contributed by atoms with Crippen LogP contribution in [0.5, 0.6) is 0 Å². The Morgan fingerprint density at radius 2 is 2.23 bits per heavy atom. The largest absolute Gasteiger partial charge is 0.381 e. The van der Waals surface area contributed by atoms with E-state index >= 15 is 0 Å². The van der Waals surface area contributed by atoms with E-state index in [1.165, 1.54) is 0 Å². The Kier molecular flexibility index (Phi) is 2.12. The Morgan fingerprint density at radius 3 is 2.69 bits per heavy atom. The first-order valence-corrected chi connectivity index (χ1v) is 4.78. The topological polar surface area (TPSA) is 38.3 Å². The number of ether oxygens (including phenoxy) is 1. The SMILES string of the molecule is COC1CCC2(C=CC(=O)N2)CC1. The maximum Gasteiger partial charge on any atom is 0.244 e. The molecule has 1 fully saturated rings. The van der Waals surface area contributed by atoms with E-state index in [1.807, 2.05) is 6.08 Å². The number of hydrogen-bond donors (Lipinski definition) is 1. The van der Waals surface area contributed by atoms with E-state index in [1.54, 1.807) is 13.2 Å². The Labute approximate surface area is 78.1 Å². The lowest BCUT2D eigenvalue weighted by Gasteiger charge is -2.35. The van der Waals surface area contributed by atoms with Gasteiger partial charge >= 0.3 is 0 Å². The lowest BCUT2D eigenvalue weighted by atomic mass is 9.81. The highest BCUT2D eigenvalue weighted by Gasteiger charge is 2.36. The Morgan fingerprint density at radius 1 is 1.54 bits per heavy atom. The molecule has 0 bridgehead atoms. The molecule has 3 nitrogen and oxygen atoms in total. The summed E-state index contributed by atoms with van der Waals surface area (Å²) in [4.78, 5) is 11.0. The normalized spacial score (nSPS) is 38.2. The van der Waals surface area contributed by atoms with Crippen LogP contribution in [0, 0.1) is 0 Å². The summed E-state index contributed by atoms with van der Waals surface area (Å²) in [6, 6.07) is 0. The number of amides is 1. The standard InChI is InChI=1S/C10H15NO2/c1-13-8-2-5-10(6-3-8)7-4-9(12)11-10/h4,7-8H,2-3,5-6H2,1H3,(H,11,12). The fourth-order valence-corrected chi connectivity index (χ4v) is 2.20. The molecule has 1 spiro atoms. The Balaban J connectivity index is 1.98. The van der Waals surface area contributed by atoms with Crippen molar-refractivity contribution < 1.29 is 9.53 Å². The van der Waals surface area contributed by atoms with E-state index in [0.29, 0.717) is 6.10 Å². The van der Waals surface area contributed by atoms with Crippen LogP contribution in [0.3, 0.4) is 0 Å². The summed E-state index contributed by atoms with van der Waals surface area (Å²) in [6.45, 7) is 0. The van der Waals surface area contributed by atoms with Crippen molar-refractivity contribution in [3.05, 3.63) is 12.2 Å². The monoisotopic (exact) mass is 181 g/mol. The molecule has 1 saturated carbocycles. The molecule has 0 aromatic carbocycles. The summed E-state index contributed by atoms with van der Waals surface area (Å²) in [5.41, 5.74) is -0.0356. The number of nitrogens with one attached hydrogen (secondary N) is 1. The van der Waals surface area contributed by atoms with Crippen molar-refractivity contribution in [3.8, 4) is 0 Å². The maximum atomic E-state index is 11.0. The zero-order valence-electron chi connectivity index (χ0n) is 7.88. The molecule has 1 N–H and O–H groups in total. The zero-order chi connectivity index (χ0) is 9.31. The molecule has 1 amide bonds. The van der Waals surface area contributed by atoms with Gasteiger partial charge in [0.25, 0.3) is 0 Å². The predicted molar refractivity (Wildman–Crippen MR) is 49.3 cm³/mol. The van der Waals surface area contributed by atoms with Crippen molar-refractivity contribution in [2.75, 3.05) is 7.11 Å². The first-order valence-electron chi connectivity index (χ1n) is 4.78. The highest BCUT2D eigenvalue weighted by molar-refractivity contribution is 5.91. The molecule has 2 aliphatic rings. The molecule has 0 radical (unpaired) electrons. The van der Waals surface area contributed by atoms with Gasteiger partial charge in [-0.25, -0.2) is 0 Å². The van der Waals surface area contributed by atoms with Crippen LogP contribution in [0.25, 0.3) is 0 Å². The van der Waals surface area contributed by atoms with E-state index in [2.05, 4.69) is 5.32 Å². The molecule has 0 unspecified atom stereocenters. The van der Waals surface area contributed by atoms with Gasteiger partial charge in [0.1, 0.15) is 0 Å². The first-order chi connectivity index (χ1) is 6.24. The summed E-state index contributed by atoms with van der Waals surface area (Å²) in [5.74, 6) is 0.0517. The molecule has 0 aromatic heterocycles. The molecule has 13 heavy (non-hydrogen) atoms. The Hall–Kier alpha value is -0.830. The molecule has 0 saturated heterocycles. The second kappa shape index (κ2) is 3.14. The third kappa shape index (κ3) is 1.61. The molecule has 1 aliphatic heterocycles. The highest BCUT2D eigenvalue weighted by Crippen LogP contribution is 2.32. The molecular weight excluding hydrogens is 166 g/mol. The minimum absolute atomic E-state index is 0.0356. The number of methoxy groups -OCH3 is 1. The van der Waals surface area contributed by atoms with Crippen LogP contribution in [-0.4, -0.2) is 24.7 Å². The van der Waals surface area contributed by atoms with Crippen LogP contribution in [0.2, 0.25) is 0 Å². The fraction of sp³-hybridized carbons (Fsp3) is 0.700. The second-order valence-electron chi connectivity index (χ2n) is 3.91. The smallest absolute Gasteiger partial charge is 0.244 e. The van der Waals surface area contributed by atoms with Crippen molar-refractivity contribution in [1.29, 1.82) is 0 Å². The van der Waals surface area contributed by atoms with Gasteiger partial charge in [0.2, 0.25) is 5.91 Å². The lowest BCUT2D eigenvalue weighted by Crippen LogP contribution is -2.45. The summed E-state index contributed by atoms with van der Waals surface area (Å²) >= 11 is 0. The van der Waals surface area contributed by atoms with Crippen LogP contribution < -0.4 is 5.32 Å². The molecule has 1 aliphatic carbocycles. The van der Waals surface area contributed by atoms with Gasteiger partial charge < -0.3 is 10.1 Å². The van der Waals surface area contributed by atoms with Crippen LogP contribution >= 0.6 is 0 Å². The average Bonchev–Trinajstić information content (AvgIpc) is 2.49. The van der Waals surface area contributed by atoms with E-state index in [-0.39, 0.29) is 11.4 Å². The van der Waals surface area contributed by atoms with Crippen LogP contribution in [-0.2, 0) is 9.53 Å². The molecule has 0 aromatic rings. The summed E-state index contributed by atoms with van der Waals surface area (Å²) in [5, 5.41) is 3.01. The van der Waals surface area contributed by atoms with Gasteiger partial charge in [0.15, 0.2) is 0 Å². The van der Waals surface area contributed by atoms with Gasteiger partial charge in [-0.2, -0.15) is 0 Å². The lowest BCUT2D eigenvalue weighted by molar-refractivity contribution is -0.117. The quantitative estimate of drug-likeness (QED) is 0.655. The summed E-state index contributed by atoms with van der Waals surface area (Å²) < 4.78 is 5.28. The van der Waals surface area contributed by atoms with Crippen LogP contribution in [0.4, 0.5) is 0 Å². The third-order valence-corrected chi connectivity index (χ3v) is 3.08. The minimum Gasteiger partial charge on any atom is -0.381 e. The predicted octanol–water partition coefficient (Wildman–Crippen LogP) is 1.00. The summed E-state index contributed by atoms with van der Waals surface area (Å²) in [6.07, 6.45) is 8.15. The van der Waals surface area contributed by atoms with E-state index in [4.69, 9.17) is 4.74 Å². The van der Waals surface area contributed by atoms with Crippen molar-refractivity contribution in [1.82, 2.24) is 5.32 Å². The number of hydrogen-bond acceptors (Lipinski definition) is 2. The summed E-state index contributed by atoms with van der Waals surface area (Å²) in [7, 11) is 1.76. The van der Waals surface area contributed by atoms with Crippen molar-refractivity contribution >= 4 is 5.91 Å². The van der Waals surface area contributed by atoms with Crippen molar-refractivity contribution in [2.24, 2.45) is 0 Å². The molecule has 3 heteroatoms. The fourth-order valence-electron chi connectivity index (χ4n) is 2.20. The maximum absolute atomic E-state index is 11.0. The van der Waals surface area contributed by atoms with E-state index < -0.39 is 0 Å². The Bertz CT molecular complexity index is 239. The van der Waals surface area contributed by atoms with Crippen molar-refractivity contribution in [3.63, 3.8) is 0 Å². The van der Waals surface area contributed by atoms with Gasteiger partial charge in [-0.05, 0) is 25.7 Å². The van der Waals surface area contributed by atoms with Crippen LogP contribution in [0.15, 0.2) is 12.2 Å². The number of carbonyl (C=O) groups excluding carboxylic acids is 1. The van der Waals surface area contributed by atoms with E-state index in [0.717, 1.165) is 25.7 Å². The molecule has 1 heterocycles. The molecule has 0 atom stereocenters. The number of rotatable bonds is 1. The van der Waals surface area contributed by atoms with Gasteiger partial charge in [-0.15, -0.1) is 0 Å².